The quantitative estimate of drug-likeness (QED) is 0.663. The molecule has 0 atom stereocenters. The van der Waals surface area contributed by atoms with Gasteiger partial charge in [-0.15, -0.1) is 0 Å². The Balaban J connectivity index is 1.58. The van der Waals surface area contributed by atoms with Crippen molar-refractivity contribution in [2.24, 2.45) is 0 Å². The lowest BCUT2D eigenvalue weighted by Gasteiger charge is -2.07. The van der Waals surface area contributed by atoms with E-state index in [1.165, 1.54) is 6.07 Å². The SMILES string of the molecule is Cc1cc2cc(NC(=O)CSc3ccc(C(F)(F)F)cn3)ccc2[nH]1. The zero-order chi connectivity index (χ0) is 18.0. The third-order valence-electron chi connectivity index (χ3n) is 3.45. The first-order valence-electron chi connectivity index (χ1n) is 7.36. The van der Waals surface area contributed by atoms with E-state index in [-0.39, 0.29) is 11.7 Å². The van der Waals surface area contributed by atoms with E-state index in [1.807, 2.05) is 25.1 Å². The summed E-state index contributed by atoms with van der Waals surface area (Å²) in [7, 11) is 0. The average Bonchev–Trinajstić information content (AvgIpc) is 2.92. The third kappa shape index (κ3) is 4.33. The molecule has 0 aliphatic heterocycles. The van der Waals surface area contributed by atoms with Crippen molar-refractivity contribution in [2.75, 3.05) is 11.1 Å². The maximum absolute atomic E-state index is 12.5. The van der Waals surface area contributed by atoms with Gasteiger partial charge in [-0.3, -0.25) is 4.79 Å². The minimum atomic E-state index is -4.41. The van der Waals surface area contributed by atoms with Crippen molar-refractivity contribution in [1.29, 1.82) is 0 Å². The number of hydrogen-bond donors (Lipinski definition) is 2. The number of nitrogens with one attached hydrogen (secondary N) is 2. The summed E-state index contributed by atoms with van der Waals surface area (Å²) in [6.45, 7) is 1.95. The molecule has 2 aromatic heterocycles. The maximum atomic E-state index is 12.5. The smallest absolute Gasteiger partial charge is 0.359 e. The van der Waals surface area contributed by atoms with Gasteiger partial charge in [0.25, 0.3) is 0 Å². The molecule has 4 nitrogen and oxygen atoms in total. The zero-order valence-corrected chi connectivity index (χ0v) is 14.0. The standard InChI is InChI=1S/C17H14F3N3OS/c1-10-6-11-7-13(3-4-14(11)22-10)23-15(24)9-25-16-5-2-12(8-21-16)17(18,19)20/h2-8,22H,9H2,1H3,(H,23,24). The van der Waals surface area contributed by atoms with Crippen molar-refractivity contribution in [1.82, 2.24) is 9.97 Å². The van der Waals surface area contributed by atoms with E-state index in [1.54, 1.807) is 6.07 Å². The van der Waals surface area contributed by atoms with Crippen molar-refractivity contribution in [3.8, 4) is 0 Å². The Bertz CT molecular complexity index is 904. The Hall–Kier alpha value is -2.48. The van der Waals surface area contributed by atoms with Gasteiger partial charge in [-0.05, 0) is 43.3 Å². The summed E-state index contributed by atoms with van der Waals surface area (Å²) in [6, 6.07) is 9.72. The predicted octanol–water partition coefficient (Wildman–Crippen LogP) is 4.62. The molecule has 0 saturated carbocycles. The first kappa shape index (κ1) is 17.3. The zero-order valence-electron chi connectivity index (χ0n) is 13.1. The number of fused-ring (bicyclic) bond motifs is 1. The number of anilines is 1. The van der Waals surface area contributed by atoms with Crippen molar-refractivity contribution in [2.45, 2.75) is 18.1 Å². The van der Waals surface area contributed by atoms with E-state index in [4.69, 9.17) is 0 Å². The molecule has 3 aromatic rings. The van der Waals surface area contributed by atoms with Gasteiger partial charge in [0.2, 0.25) is 5.91 Å². The van der Waals surface area contributed by atoms with Crippen molar-refractivity contribution in [3.05, 3.63) is 53.9 Å². The van der Waals surface area contributed by atoms with Gasteiger partial charge in [-0.1, -0.05) is 11.8 Å². The molecule has 0 bridgehead atoms. The van der Waals surface area contributed by atoms with E-state index in [0.717, 1.165) is 40.6 Å². The van der Waals surface area contributed by atoms with Gasteiger partial charge in [0.05, 0.1) is 16.3 Å². The van der Waals surface area contributed by atoms with Crippen LogP contribution in [0, 0.1) is 6.92 Å². The fraction of sp³-hybridized carbons (Fsp3) is 0.176. The van der Waals surface area contributed by atoms with E-state index in [0.29, 0.717) is 10.7 Å². The van der Waals surface area contributed by atoms with Crippen molar-refractivity contribution >= 4 is 34.3 Å². The van der Waals surface area contributed by atoms with E-state index in [2.05, 4.69) is 15.3 Å². The number of H-pyrrole nitrogens is 1. The molecule has 3 rings (SSSR count). The van der Waals surface area contributed by atoms with Crippen LogP contribution in [0.15, 0.2) is 47.6 Å². The van der Waals surface area contributed by atoms with Crippen molar-refractivity contribution < 1.29 is 18.0 Å². The number of halogens is 3. The van der Waals surface area contributed by atoms with Crippen LogP contribution < -0.4 is 5.32 Å². The fourth-order valence-corrected chi connectivity index (χ4v) is 2.97. The molecule has 0 aliphatic rings. The minimum Gasteiger partial charge on any atom is -0.359 e. The Morgan fingerprint density at radius 2 is 2.04 bits per heavy atom. The number of rotatable bonds is 4. The number of carbonyl (C=O) groups is 1. The summed E-state index contributed by atoms with van der Waals surface area (Å²) < 4.78 is 37.4. The highest BCUT2D eigenvalue weighted by atomic mass is 32.2. The molecular formula is C17H14F3N3OS. The molecule has 1 amide bonds. The number of hydrogen-bond acceptors (Lipinski definition) is 3. The van der Waals surface area contributed by atoms with Crippen LogP contribution >= 0.6 is 11.8 Å². The number of nitrogens with zero attached hydrogens (tertiary/aromatic N) is 1. The maximum Gasteiger partial charge on any atom is 0.417 e. The molecule has 0 unspecified atom stereocenters. The van der Waals surface area contributed by atoms with Crippen molar-refractivity contribution in [3.63, 3.8) is 0 Å². The number of carbonyl (C=O) groups excluding carboxylic acids is 1. The van der Waals surface area contributed by atoms with Crippen LogP contribution in [0.25, 0.3) is 10.9 Å². The van der Waals surface area contributed by atoms with Gasteiger partial charge >= 0.3 is 6.18 Å². The van der Waals surface area contributed by atoms with Gasteiger partial charge < -0.3 is 10.3 Å². The molecule has 1 aromatic carbocycles. The highest BCUT2D eigenvalue weighted by molar-refractivity contribution is 7.99. The topological polar surface area (TPSA) is 57.8 Å². The summed E-state index contributed by atoms with van der Waals surface area (Å²) >= 11 is 1.08. The molecule has 0 fully saturated rings. The predicted molar refractivity (Wildman–Crippen MR) is 91.6 cm³/mol. The van der Waals surface area contributed by atoms with Crippen LogP contribution in [0.1, 0.15) is 11.3 Å². The van der Waals surface area contributed by atoms with Gasteiger partial charge in [0, 0.05) is 28.5 Å². The normalized spacial score (nSPS) is 11.7. The molecule has 0 aliphatic carbocycles. The van der Waals surface area contributed by atoms with E-state index >= 15 is 0 Å². The number of pyridine rings is 1. The van der Waals surface area contributed by atoms with Crippen LogP contribution in [0.3, 0.4) is 0 Å². The molecular weight excluding hydrogens is 351 g/mol. The molecule has 0 radical (unpaired) electrons. The minimum absolute atomic E-state index is 0.0581. The number of benzene rings is 1. The second-order valence-electron chi connectivity index (χ2n) is 5.47. The van der Waals surface area contributed by atoms with Crippen LogP contribution in [0.5, 0.6) is 0 Å². The largest absolute Gasteiger partial charge is 0.417 e. The van der Waals surface area contributed by atoms with Crippen LogP contribution in [-0.2, 0) is 11.0 Å². The molecule has 130 valence electrons. The Kier molecular flexibility index (Phi) is 4.71. The molecule has 25 heavy (non-hydrogen) atoms. The molecule has 2 N–H and O–H groups in total. The van der Waals surface area contributed by atoms with E-state index in [9.17, 15) is 18.0 Å². The Morgan fingerprint density at radius 3 is 2.72 bits per heavy atom. The summed E-state index contributed by atoms with van der Waals surface area (Å²) in [6.07, 6.45) is -3.65. The highest BCUT2D eigenvalue weighted by Crippen LogP contribution is 2.29. The summed E-state index contributed by atoms with van der Waals surface area (Å²) in [5.41, 5.74) is 1.87. The lowest BCUT2D eigenvalue weighted by Crippen LogP contribution is -2.14. The highest BCUT2D eigenvalue weighted by Gasteiger charge is 2.30. The van der Waals surface area contributed by atoms with Gasteiger partial charge in [-0.2, -0.15) is 13.2 Å². The van der Waals surface area contributed by atoms with Gasteiger partial charge in [0.1, 0.15) is 0 Å². The lowest BCUT2D eigenvalue weighted by atomic mass is 10.2. The number of alkyl halides is 3. The monoisotopic (exact) mass is 365 g/mol. The van der Waals surface area contributed by atoms with E-state index < -0.39 is 11.7 Å². The average molecular weight is 365 g/mol. The molecule has 0 saturated heterocycles. The number of aromatic nitrogens is 2. The van der Waals surface area contributed by atoms with Gasteiger partial charge in [0.15, 0.2) is 0 Å². The number of thioether (sulfide) groups is 1. The second kappa shape index (κ2) is 6.79. The molecule has 0 spiro atoms. The Morgan fingerprint density at radius 1 is 1.24 bits per heavy atom. The summed E-state index contributed by atoms with van der Waals surface area (Å²) in [5, 5.41) is 4.12. The lowest BCUT2D eigenvalue weighted by molar-refractivity contribution is -0.137. The summed E-state index contributed by atoms with van der Waals surface area (Å²) in [4.78, 5) is 18.9. The second-order valence-corrected chi connectivity index (χ2v) is 6.47. The molecule has 2 heterocycles. The first-order valence-corrected chi connectivity index (χ1v) is 8.35. The van der Waals surface area contributed by atoms with Gasteiger partial charge in [-0.25, -0.2) is 4.98 Å². The number of aryl methyl sites for hydroxylation is 1. The summed E-state index contributed by atoms with van der Waals surface area (Å²) in [5.74, 6) is -0.193. The molecule has 8 heteroatoms. The van der Waals surface area contributed by atoms with Crippen LogP contribution in [0.2, 0.25) is 0 Å². The fourth-order valence-electron chi connectivity index (χ4n) is 2.33. The number of aromatic amines is 1. The Labute approximate surface area is 145 Å². The van der Waals surface area contributed by atoms with Crippen LogP contribution in [0.4, 0.5) is 18.9 Å². The first-order chi connectivity index (χ1) is 11.8. The van der Waals surface area contributed by atoms with Crippen LogP contribution in [-0.4, -0.2) is 21.6 Å². The number of amides is 1. The third-order valence-corrected chi connectivity index (χ3v) is 4.40.